The maximum Gasteiger partial charge on any atom is 0.345 e. The third kappa shape index (κ3) is 3.11. The number of carbonyl (C=O) groups is 1. The first-order valence-corrected chi connectivity index (χ1v) is 6.54. The molecule has 0 aliphatic heterocycles. The van der Waals surface area contributed by atoms with E-state index < -0.39 is 5.97 Å². The van der Waals surface area contributed by atoms with Crippen LogP contribution in [0.1, 0.15) is 27.0 Å². The molecule has 0 saturated carbocycles. The molecule has 0 atom stereocenters. The molecule has 0 spiro atoms. The van der Waals surface area contributed by atoms with Crippen LogP contribution in [0.5, 0.6) is 5.75 Å². The van der Waals surface area contributed by atoms with Crippen LogP contribution in [-0.4, -0.2) is 11.1 Å². The highest BCUT2D eigenvalue weighted by atomic mass is 32.1. The highest BCUT2D eigenvalue weighted by Crippen LogP contribution is 2.20. The number of carboxylic acid groups (broad SMARTS) is 1. The van der Waals surface area contributed by atoms with Gasteiger partial charge in [0.1, 0.15) is 17.2 Å². The van der Waals surface area contributed by atoms with E-state index in [9.17, 15) is 4.79 Å². The van der Waals surface area contributed by atoms with E-state index in [-0.39, 0.29) is 0 Å². The number of benzene rings is 1. The number of aryl methyl sites for hydroxylation is 1. The van der Waals surface area contributed by atoms with Gasteiger partial charge in [0.15, 0.2) is 0 Å². The fraction of sp³-hybridized carbons (Fsp3) is 0.214. The minimum absolute atomic E-state index is 0.343. The van der Waals surface area contributed by atoms with E-state index in [0.717, 1.165) is 17.0 Å². The molecule has 0 unspecified atom stereocenters. The Labute approximate surface area is 110 Å². The van der Waals surface area contributed by atoms with E-state index >= 15 is 0 Å². The van der Waals surface area contributed by atoms with Crippen molar-refractivity contribution in [2.75, 3.05) is 0 Å². The van der Waals surface area contributed by atoms with Gasteiger partial charge in [-0.2, -0.15) is 0 Å². The van der Waals surface area contributed by atoms with Crippen LogP contribution in [-0.2, 0) is 13.0 Å². The summed E-state index contributed by atoms with van der Waals surface area (Å²) in [6.45, 7) is 2.50. The van der Waals surface area contributed by atoms with Crippen molar-refractivity contribution in [1.82, 2.24) is 0 Å². The van der Waals surface area contributed by atoms with E-state index in [1.165, 1.54) is 16.9 Å². The number of rotatable bonds is 5. The smallest absolute Gasteiger partial charge is 0.345 e. The molecule has 1 aromatic heterocycles. The molecule has 0 aliphatic rings. The molecule has 1 aromatic carbocycles. The molecule has 0 radical (unpaired) electrons. The summed E-state index contributed by atoms with van der Waals surface area (Å²) in [5.41, 5.74) is 1.23. The first-order valence-electron chi connectivity index (χ1n) is 5.73. The Balaban J connectivity index is 1.99. The third-order valence-corrected chi connectivity index (χ3v) is 3.61. The first-order chi connectivity index (χ1) is 8.69. The molecule has 3 nitrogen and oxygen atoms in total. The third-order valence-electron chi connectivity index (χ3n) is 2.56. The summed E-state index contributed by atoms with van der Waals surface area (Å²) < 4.78 is 5.65. The Morgan fingerprint density at radius 1 is 1.33 bits per heavy atom. The van der Waals surface area contributed by atoms with Gasteiger partial charge in [-0.15, -0.1) is 11.3 Å². The number of thiophene rings is 1. The van der Waals surface area contributed by atoms with Crippen molar-refractivity contribution in [2.24, 2.45) is 0 Å². The molecule has 0 bridgehead atoms. The van der Waals surface area contributed by atoms with Crippen LogP contribution in [0.4, 0.5) is 0 Å². The van der Waals surface area contributed by atoms with Crippen LogP contribution in [0.2, 0.25) is 0 Å². The summed E-state index contributed by atoms with van der Waals surface area (Å²) in [5, 5.41) is 8.82. The molecule has 18 heavy (non-hydrogen) atoms. The van der Waals surface area contributed by atoms with Crippen LogP contribution in [0.15, 0.2) is 36.4 Å². The van der Waals surface area contributed by atoms with Gasteiger partial charge in [0.25, 0.3) is 0 Å². The zero-order valence-electron chi connectivity index (χ0n) is 10.1. The summed E-state index contributed by atoms with van der Waals surface area (Å²) in [6.07, 6.45) is 0.972. The van der Waals surface area contributed by atoms with Crippen LogP contribution in [0, 0.1) is 0 Å². The van der Waals surface area contributed by atoms with Gasteiger partial charge in [-0.3, -0.25) is 0 Å². The number of aromatic carboxylic acids is 1. The van der Waals surface area contributed by atoms with E-state index in [4.69, 9.17) is 9.84 Å². The van der Waals surface area contributed by atoms with E-state index in [0.29, 0.717) is 11.5 Å². The molecule has 1 N–H and O–H groups in total. The number of ether oxygens (including phenoxy) is 1. The summed E-state index contributed by atoms with van der Waals surface area (Å²) in [6, 6.07) is 11.3. The van der Waals surface area contributed by atoms with Gasteiger partial charge in [0, 0.05) is 4.88 Å². The summed E-state index contributed by atoms with van der Waals surface area (Å²) >= 11 is 1.25. The minimum atomic E-state index is -0.890. The Morgan fingerprint density at radius 3 is 2.83 bits per heavy atom. The molecule has 0 fully saturated rings. The Kier molecular flexibility index (Phi) is 3.99. The van der Waals surface area contributed by atoms with Gasteiger partial charge < -0.3 is 9.84 Å². The van der Waals surface area contributed by atoms with E-state index in [1.807, 2.05) is 18.2 Å². The second-order valence-electron chi connectivity index (χ2n) is 3.86. The van der Waals surface area contributed by atoms with Crippen LogP contribution in [0.25, 0.3) is 0 Å². The molecule has 2 rings (SSSR count). The fourth-order valence-electron chi connectivity index (χ4n) is 1.58. The number of hydrogen-bond acceptors (Lipinski definition) is 3. The number of hydrogen-bond donors (Lipinski definition) is 1. The first kappa shape index (κ1) is 12.6. The lowest BCUT2D eigenvalue weighted by molar-refractivity contribution is 0.0702. The molecular formula is C14H14O3S. The predicted molar refractivity (Wildman–Crippen MR) is 71.4 cm³/mol. The van der Waals surface area contributed by atoms with Crippen molar-refractivity contribution < 1.29 is 14.6 Å². The number of carboxylic acids is 1. The lowest BCUT2D eigenvalue weighted by Crippen LogP contribution is -1.93. The second kappa shape index (κ2) is 5.69. The molecule has 0 amide bonds. The van der Waals surface area contributed by atoms with Crippen LogP contribution in [0.3, 0.4) is 0 Å². The van der Waals surface area contributed by atoms with Gasteiger partial charge in [-0.05, 0) is 36.2 Å². The summed E-state index contributed by atoms with van der Waals surface area (Å²) in [7, 11) is 0. The second-order valence-corrected chi connectivity index (χ2v) is 5.03. The Bertz CT molecular complexity index is 545. The lowest BCUT2D eigenvalue weighted by Gasteiger charge is -2.05. The molecule has 1 heterocycles. The zero-order valence-corrected chi connectivity index (χ0v) is 10.9. The molecule has 4 heteroatoms. The van der Waals surface area contributed by atoms with Crippen LogP contribution >= 0.6 is 11.3 Å². The van der Waals surface area contributed by atoms with Gasteiger partial charge >= 0.3 is 5.97 Å². The topological polar surface area (TPSA) is 46.5 Å². The highest BCUT2D eigenvalue weighted by molar-refractivity contribution is 7.13. The standard InChI is InChI=1S/C14H14O3S/c1-2-10-4-3-5-11(8-10)17-9-12-6-7-13(18-12)14(15)16/h3-8H,2,9H2,1H3,(H,15,16). The zero-order chi connectivity index (χ0) is 13.0. The predicted octanol–water partition coefficient (Wildman–Crippen LogP) is 3.59. The Morgan fingerprint density at radius 2 is 2.17 bits per heavy atom. The lowest BCUT2D eigenvalue weighted by atomic mass is 10.2. The van der Waals surface area contributed by atoms with Crippen molar-refractivity contribution in [3.8, 4) is 5.75 Å². The quantitative estimate of drug-likeness (QED) is 0.895. The van der Waals surface area contributed by atoms with E-state index in [1.54, 1.807) is 12.1 Å². The minimum Gasteiger partial charge on any atom is -0.488 e. The van der Waals surface area contributed by atoms with Crippen molar-refractivity contribution in [3.05, 3.63) is 51.7 Å². The maximum absolute atomic E-state index is 10.7. The SMILES string of the molecule is CCc1cccc(OCc2ccc(C(=O)O)s2)c1. The van der Waals surface area contributed by atoms with E-state index in [2.05, 4.69) is 13.0 Å². The summed E-state index contributed by atoms with van der Waals surface area (Å²) in [4.78, 5) is 12.0. The van der Waals surface area contributed by atoms with Gasteiger partial charge in [-0.25, -0.2) is 4.79 Å². The van der Waals surface area contributed by atoms with Crippen molar-refractivity contribution in [1.29, 1.82) is 0 Å². The molecule has 0 aliphatic carbocycles. The van der Waals surface area contributed by atoms with Crippen molar-refractivity contribution in [2.45, 2.75) is 20.0 Å². The molecular weight excluding hydrogens is 248 g/mol. The average molecular weight is 262 g/mol. The fourth-order valence-corrected chi connectivity index (χ4v) is 2.34. The summed E-state index contributed by atoms with van der Waals surface area (Å²) in [5.74, 6) is -0.0705. The largest absolute Gasteiger partial charge is 0.488 e. The monoisotopic (exact) mass is 262 g/mol. The molecule has 2 aromatic rings. The highest BCUT2D eigenvalue weighted by Gasteiger charge is 2.07. The van der Waals surface area contributed by atoms with Crippen molar-refractivity contribution in [3.63, 3.8) is 0 Å². The average Bonchev–Trinajstić information content (AvgIpc) is 2.85. The normalized spacial score (nSPS) is 10.3. The van der Waals surface area contributed by atoms with Crippen molar-refractivity contribution >= 4 is 17.3 Å². The van der Waals surface area contributed by atoms with Gasteiger partial charge in [0.2, 0.25) is 0 Å². The molecule has 94 valence electrons. The Hall–Kier alpha value is -1.81. The van der Waals surface area contributed by atoms with Gasteiger partial charge in [-0.1, -0.05) is 19.1 Å². The molecule has 0 saturated heterocycles. The van der Waals surface area contributed by atoms with Crippen LogP contribution < -0.4 is 4.74 Å². The maximum atomic E-state index is 10.7. The van der Waals surface area contributed by atoms with Gasteiger partial charge in [0.05, 0.1) is 0 Å².